The van der Waals surface area contributed by atoms with Crippen molar-refractivity contribution in [2.24, 2.45) is 0 Å². The fourth-order valence-electron chi connectivity index (χ4n) is 2.17. The van der Waals surface area contributed by atoms with Crippen molar-refractivity contribution >= 4 is 51.9 Å². The average Bonchev–Trinajstić information content (AvgIpc) is 2.83. The molecule has 0 aromatic heterocycles. The van der Waals surface area contributed by atoms with Crippen LogP contribution < -0.4 is 4.90 Å². The number of amides is 1. The summed E-state index contributed by atoms with van der Waals surface area (Å²) in [7, 11) is 0. The predicted octanol–water partition coefficient (Wildman–Crippen LogP) is 3.50. The van der Waals surface area contributed by atoms with Crippen LogP contribution in [-0.4, -0.2) is 26.4 Å². The zero-order valence-electron chi connectivity index (χ0n) is 12.2. The van der Waals surface area contributed by atoms with Gasteiger partial charge in [-0.25, -0.2) is 4.79 Å². The third kappa shape index (κ3) is 3.17. The van der Waals surface area contributed by atoms with Gasteiger partial charge in [0.05, 0.1) is 16.2 Å². The van der Waals surface area contributed by atoms with Gasteiger partial charge in [-0.2, -0.15) is 0 Å². The Bertz CT molecular complexity index is 857. The normalized spacial score (nSPS) is 16.0. The Labute approximate surface area is 147 Å². The van der Waals surface area contributed by atoms with Crippen molar-refractivity contribution in [1.82, 2.24) is 0 Å². The number of carboxylic acids is 1. The SMILES string of the molecule is O=C(O)c1ccc(C=C2SC(=S)N(c3ccc(O)cc3)C2=O)cc1. The highest BCUT2D eigenvalue weighted by Crippen LogP contribution is 2.36. The van der Waals surface area contributed by atoms with Gasteiger partial charge in [-0.3, -0.25) is 9.69 Å². The number of thioether (sulfide) groups is 1. The lowest BCUT2D eigenvalue weighted by Gasteiger charge is -2.14. The fourth-order valence-corrected chi connectivity index (χ4v) is 3.46. The molecule has 3 rings (SSSR count). The standard InChI is InChI=1S/C17H11NO4S2/c19-13-7-5-12(6-8-13)18-15(20)14(24-17(18)23)9-10-1-3-11(4-2-10)16(21)22/h1-9,19H,(H,21,22). The van der Waals surface area contributed by atoms with Crippen molar-refractivity contribution in [2.45, 2.75) is 0 Å². The fraction of sp³-hybridized carbons (Fsp3) is 0. The molecule has 1 saturated heterocycles. The van der Waals surface area contributed by atoms with Crippen LogP contribution in [-0.2, 0) is 4.79 Å². The highest BCUT2D eigenvalue weighted by molar-refractivity contribution is 8.27. The lowest BCUT2D eigenvalue weighted by Crippen LogP contribution is -2.27. The van der Waals surface area contributed by atoms with Gasteiger partial charge in [0.25, 0.3) is 5.91 Å². The number of benzene rings is 2. The van der Waals surface area contributed by atoms with Gasteiger partial charge in [-0.1, -0.05) is 36.1 Å². The molecule has 1 aliphatic heterocycles. The number of carbonyl (C=O) groups is 2. The number of anilines is 1. The molecule has 120 valence electrons. The van der Waals surface area contributed by atoms with Crippen LogP contribution in [0, 0.1) is 0 Å². The molecule has 1 fully saturated rings. The van der Waals surface area contributed by atoms with Crippen molar-refractivity contribution in [3.63, 3.8) is 0 Å². The monoisotopic (exact) mass is 357 g/mol. The molecule has 2 aromatic carbocycles. The second kappa shape index (κ2) is 6.46. The number of phenolic OH excluding ortho intramolecular Hbond substituents is 1. The molecule has 0 bridgehead atoms. The summed E-state index contributed by atoms with van der Waals surface area (Å²) in [6.07, 6.45) is 1.67. The summed E-state index contributed by atoms with van der Waals surface area (Å²) in [5.41, 5.74) is 1.48. The summed E-state index contributed by atoms with van der Waals surface area (Å²) in [6, 6.07) is 12.4. The van der Waals surface area contributed by atoms with Crippen LogP contribution in [0.15, 0.2) is 53.4 Å². The van der Waals surface area contributed by atoms with Gasteiger partial charge in [0.2, 0.25) is 0 Å². The summed E-state index contributed by atoms with van der Waals surface area (Å²) in [5.74, 6) is -1.14. The van der Waals surface area contributed by atoms with E-state index in [4.69, 9.17) is 17.3 Å². The number of hydrogen-bond acceptors (Lipinski definition) is 5. The largest absolute Gasteiger partial charge is 0.508 e. The van der Waals surface area contributed by atoms with Crippen molar-refractivity contribution in [1.29, 1.82) is 0 Å². The van der Waals surface area contributed by atoms with Gasteiger partial charge in [0.15, 0.2) is 4.32 Å². The summed E-state index contributed by atoms with van der Waals surface area (Å²) >= 11 is 6.44. The smallest absolute Gasteiger partial charge is 0.335 e. The first-order chi connectivity index (χ1) is 11.5. The van der Waals surface area contributed by atoms with Crippen LogP contribution in [0.1, 0.15) is 15.9 Å². The lowest BCUT2D eigenvalue weighted by molar-refractivity contribution is -0.113. The average molecular weight is 357 g/mol. The summed E-state index contributed by atoms with van der Waals surface area (Å²) in [5, 5.41) is 18.2. The van der Waals surface area contributed by atoms with Gasteiger partial charge < -0.3 is 10.2 Å². The Balaban J connectivity index is 1.87. The maximum absolute atomic E-state index is 12.6. The molecule has 24 heavy (non-hydrogen) atoms. The molecule has 2 N–H and O–H groups in total. The number of carboxylic acid groups (broad SMARTS) is 1. The summed E-state index contributed by atoms with van der Waals surface area (Å²) in [4.78, 5) is 25.3. The Morgan fingerprint density at radius 2 is 1.71 bits per heavy atom. The van der Waals surface area contributed by atoms with E-state index in [0.717, 1.165) is 0 Å². The third-order valence-electron chi connectivity index (χ3n) is 3.36. The van der Waals surface area contributed by atoms with E-state index in [1.54, 1.807) is 30.3 Å². The van der Waals surface area contributed by atoms with Crippen LogP contribution in [0.25, 0.3) is 6.08 Å². The highest BCUT2D eigenvalue weighted by atomic mass is 32.2. The van der Waals surface area contributed by atoms with Gasteiger partial charge in [0, 0.05) is 0 Å². The van der Waals surface area contributed by atoms with Crippen molar-refractivity contribution in [3.8, 4) is 5.75 Å². The molecule has 5 nitrogen and oxygen atoms in total. The first-order valence-corrected chi connectivity index (χ1v) is 8.08. The van der Waals surface area contributed by atoms with E-state index in [2.05, 4.69) is 0 Å². The Morgan fingerprint density at radius 1 is 1.08 bits per heavy atom. The maximum Gasteiger partial charge on any atom is 0.335 e. The zero-order chi connectivity index (χ0) is 17.3. The van der Waals surface area contributed by atoms with Crippen LogP contribution in [0.2, 0.25) is 0 Å². The van der Waals surface area contributed by atoms with E-state index >= 15 is 0 Å². The topological polar surface area (TPSA) is 77.8 Å². The van der Waals surface area contributed by atoms with Crippen LogP contribution in [0.5, 0.6) is 5.75 Å². The molecule has 0 aliphatic carbocycles. The third-order valence-corrected chi connectivity index (χ3v) is 4.66. The molecule has 1 heterocycles. The number of rotatable bonds is 3. The molecule has 0 atom stereocenters. The highest BCUT2D eigenvalue weighted by Gasteiger charge is 2.33. The minimum absolute atomic E-state index is 0.109. The van der Waals surface area contributed by atoms with E-state index < -0.39 is 5.97 Å². The zero-order valence-corrected chi connectivity index (χ0v) is 13.8. The van der Waals surface area contributed by atoms with Crippen LogP contribution in [0.4, 0.5) is 5.69 Å². The molecular formula is C17H11NO4S2. The van der Waals surface area contributed by atoms with Gasteiger partial charge in [-0.15, -0.1) is 0 Å². The molecule has 0 unspecified atom stereocenters. The van der Waals surface area contributed by atoms with Gasteiger partial charge in [-0.05, 0) is 48.0 Å². The van der Waals surface area contributed by atoms with E-state index in [0.29, 0.717) is 20.5 Å². The number of nitrogens with zero attached hydrogens (tertiary/aromatic N) is 1. The van der Waals surface area contributed by atoms with E-state index in [-0.39, 0.29) is 17.2 Å². The van der Waals surface area contributed by atoms with Gasteiger partial charge in [0.1, 0.15) is 5.75 Å². The minimum Gasteiger partial charge on any atom is -0.508 e. The second-order valence-electron chi connectivity index (χ2n) is 4.96. The molecule has 1 amide bonds. The number of aromatic hydroxyl groups is 1. The predicted molar refractivity (Wildman–Crippen MR) is 97.2 cm³/mol. The summed E-state index contributed by atoms with van der Waals surface area (Å²) in [6.45, 7) is 0. The number of carbonyl (C=O) groups excluding carboxylic acids is 1. The van der Waals surface area contributed by atoms with E-state index in [1.807, 2.05) is 0 Å². The molecular weight excluding hydrogens is 346 g/mol. The number of hydrogen-bond donors (Lipinski definition) is 2. The lowest BCUT2D eigenvalue weighted by atomic mass is 10.1. The molecule has 1 aliphatic rings. The second-order valence-corrected chi connectivity index (χ2v) is 6.64. The van der Waals surface area contributed by atoms with Crippen LogP contribution in [0.3, 0.4) is 0 Å². The molecule has 0 saturated carbocycles. The van der Waals surface area contributed by atoms with Crippen LogP contribution >= 0.6 is 24.0 Å². The quantitative estimate of drug-likeness (QED) is 0.647. The summed E-state index contributed by atoms with van der Waals surface area (Å²) < 4.78 is 0.402. The van der Waals surface area contributed by atoms with Crippen molar-refractivity contribution < 1.29 is 19.8 Å². The minimum atomic E-state index is -1.000. The van der Waals surface area contributed by atoms with Crippen molar-refractivity contribution in [3.05, 3.63) is 64.6 Å². The molecule has 2 aromatic rings. The Morgan fingerprint density at radius 3 is 2.29 bits per heavy atom. The molecule has 7 heteroatoms. The first-order valence-electron chi connectivity index (χ1n) is 6.86. The maximum atomic E-state index is 12.6. The van der Waals surface area contributed by atoms with Crippen molar-refractivity contribution in [2.75, 3.05) is 4.90 Å². The number of thiocarbonyl (C=S) groups is 1. The first kappa shape index (κ1) is 16.2. The van der Waals surface area contributed by atoms with Gasteiger partial charge >= 0.3 is 5.97 Å². The Kier molecular flexibility index (Phi) is 4.37. The van der Waals surface area contributed by atoms with E-state index in [1.165, 1.54) is 40.9 Å². The number of phenols is 1. The number of aromatic carboxylic acids is 1. The Hall–Kier alpha value is -2.64. The molecule has 0 spiro atoms. The van der Waals surface area contributed by atoms with E-state index in [9.17, 15) is 14.7 Å². The molecule has 0 radical (unpaired) electrons.